The summed E-state index contributed by atoms with van der Waals surface area (Å²) < 4.78 is 14.7. The largest absolute Gasteiger partial charge is 0.454 e. The van der Waals surface area contributed by atoms with Crippen LogP contribution in [0.15, 0.2) is 48.9 Å². The van der Waals surface area contributed by atoms with Crippen LogP contribution in [-0.2, 0) is 18.7 Å². The van der Waals surface area contributed by atoms with Gasteiger partial charge in [0.15, 0.2) is 22.9 Å². The van der Waals surface area contributed by atoms with Crippen molar-refractivity contribution in [2.24, 2.45) is 0 Å². The van der Waals surface area contributed by atoms with Gasteiger partial charge in [-0.3, -0.25) is 0 Å². The van der Waals surface area contributed by atoms with E-state index >= 15 is 0 Å². The fourth-order valence-corrected chi connectivity index (χ4v) is 4.77. The van der Waals surface area contributed by atoms with Crippen molar-refractivity contribution in [1.29, 1.82) is 0 Å². The molecule has 0 fully saturated rings. The summed E-state index contributed by atoms with van der Waals surface area (Å²) in [5.74, 6) is 10.2. The second kappa shape index (κ2) is 8.00. The molecular formula is C25H22N8O3. The highest BCUT2D eigenvalue weighted by molar-refractivity contribution is 5.63. The van der Waals surface area contributed by atoms with E-state index in [0.717, 1.165) is 42.6 Å². The molecule has 1 aromatic carbocycles. The van der Waals surface area contributed by atoms with Crippen molar-refractivity contribution >= 4 is 23.3 Å². The number of imidazole rings is 1. The lowest BCUT2D eigenvalue weighted by Gasteiger charge is -2.28. The quantitative estimate of drug-likeness (QED) is 0.425. The molecule has 1 atom stereocenters. The number of nitrogens with zero attached hydrogens (tertiary/aromatic N) is 7. The Morgan fingerprint density at radius 1 is 1.03 bits per heavy atom. The van der Waals surface area contributed by atoms with Crippen LogP contribution in [0.5, 0.6) is 11.5 Å². The average Bonchev–Trinajstić information content (AvgIpc) is 3.68. The van der Waals surface area contributed by atoms with Gasteiger partial charge in [-0.15, -0.1) is 0 Å². The van der Waals surface area contributed by atoms with Gasteiger partial charge in [0.2, 0.25) is 12.7 Å². The first-order valence-electron chi connectivity index (χ1n) is 11.8. The van der Waals surface area contributed by atoms with Crippen molar-refractivity contribution in [1.82, 2.24) is 29.3 Å². The van der Waals surface area contributed by atoms with Gasteiger partial charge in [-0.25, -0.2) is 14.6 Å². The summed E-state index contributed by atoms with van der Waals surface area (Å²) in [5, 5.41) is 18.9. The van der Waals surface area contributed by atoms with Crippen LogP contribution in [0.1, 0.15) is 24.4 Å². The fraction of sp³-hybridized carbons (Fsp3) is 0.280. The van der Waals surface area contributed by atoms with Gasteiger partial charge in [0.05, 0.1) is 0 Å². The molecule has 0 spiro atoms. The van der Waals surface area contributed by atoms with Gasteiger partial charge in [-0.05, 0) is 30.5 Å². The summed E-state index contributed by atoms with van der Waals surface area (Å²) in [7, 11) is 0. The molecule has 3 aliphatic rings. The highest BCUT2D eigenvalue weighted by Crippen LogP contribution is 2.35. The Morgan fingerprint density at radius 3 is 2.94 bits per heavy atom. The van der Waals surface area contributed by atoms with Crippen molar-refractivity contribution in [2.75, 3.05) is 23.6 Å². The van der Waals surface area contributed by atoms with Crippen molar-refractivity contribution in [3.8, 4) is 23.3 Å². The van der Waals surface area contributed by atoms with E-state index in [4.69, 9.17) is 14.5 Å². The highest BCUT2D eigenvalue weighted by Gasteiger charge is 2.37. The molecular weight excluding hydrogens is 460 g/mol. The van der Waals surface area contributed by atoms with Gasteiger partial charge in [0.1, 0.15) is 17.3 Å². The fourth-order valence-electron chi connectivity index (χ4n) is 4.77. The second-order valence-corrected chi connectivity index (χ2v) is 8.85. The average molecular weight is 483 g/mol. The van der Waals surface area contributed by atoms with Crippen molar-refractivity contribution in [3.05, 3.63) is 60.4 Å². The van der Waals surface area contributed by atoms with Gasteiger partial charge in [0, 0.05) is 62.5 Å². The number of ether oxygens (including phenoxy) is 2. The molecule has 0 radical (unpaired) electrons. The van der Waals surface area contributed by atoms with Crippen molar-refractivity contribution in [3.63, 3.8) is 0 Å². The zero-order chi connectivity index (χ0) is 24.1. The molecule has 2 N–H and O–H groups in total. The minimum atomic E-state index is -1.25. The maximum atomic E-state index is 11.0. The van der Waals surface area contributed by atoms with Crippen LogP contribution in [0.2, 0.25) is 0 Å². The molecule has 1 unspecified atom stereocenters. The van der Waals surface area contributed by atoms with E-state index in [1.165, 1.54) is 0 Å². The summed E-state index contributed by atoms with van der Waals surface area (Å²) in [6, 6.07) is 9.43. The van der Waals surface area contributed by atoms with E-state index in [0.29, 0.717) is 36.2 Å². The Balaban J connectivity index is 1.15. The topological polar surface area (TPSA) is 115 Å². The third-order valence-corrected chi connectivity index (χ3v) is 6.53. The third-order valence-electron chi connectivity index (χ3n) is 6.53. The molecule has 6 heterocycles. The molecule has 0 amide bonds. The summed E-state index contributed by atoms with van der Waals surface area (Å²) in [6.07, 6.45) is 6.71. The number of aliphatic hydroxyl groups is 1. The maximum absolute atomic E-state index is 11.0. The zero-order valence-electron chi connectivity index (χ0n) is 19.3. The Hall–Kier alpha value is -4.56. The van der Waals surface area contributed by atoms with E-state index in [1.807, 2.05) is 45.8 Å². The van der Waals surface area contributed by atoms with Crippen molar-refractivity contribution < 1.29 is 14.6 Å². The van der Waals surface area contributed by atoms with Gasteiger partial charge >= 0.3 is 0 Å². The van der Waals surface area contributed by atoms with E-state index < -0.39 is 5.60 Å². The molecule has 3 aliphatic heterocycles. The number of aryl methyl sites for hydroxylation is 2. The van der Waals surface area contributed by atoms with Gasteiger partial charge < -0.3 is 29.4 Å². The predicted molar refractivity (Wildman–Crippen MR) is 129 cm³/mol. The van der Waals surface area contributed by atoms with Gasteiger partial charge in [-0.2, -0.15) is 10.1 Å². The number of hydrogen-bond donors (Lipinski definition) is 2. The lowest BCUT2D eigenvalue weighted by Crippen LogP contribution is -2.28. The van der Waals surface area contributed by atoms with Crippen LogP contribution in [0.4, 0.5) is 23.3 Å². The first-order valence-corrected chi connectivity index (χ1v) is 11.8. The van der Waals surface area contributed by atoms with Crippen LogP contribution in [0, 0.1) is 11.8 Å². The number of nitrogens with one attached hydrogen (secondary N) is 1. The molecule has 0 aliphatic carbocycles. The Kier molecular flexibility index (Phi) is 4.62. The van der Waals surface area contributed by atoms with Crippen molar-refractivity contribution in [2.45, 2.75) is 31.5 Å². The Labute approximate surface area is 206 Å². The minimum absolute atomic E-state index is 0.226. The standard InChI is InChI=1S/C25H22N8O3/c34-25(7-12-31-13-9-26-23(25)31)6-4-18-15-22-32(10-1-11-33(22)30-18)21-5-8-27-24(29-21)28-17-2-3-19-20(14-17)36-16-35-19/h2-3,5,8-9,13-15,34H,1,7,10-12,16H2,(H,27,28,29). The summed E-state index contributed by atoms with van der Waals surface area (Å²) in [4.78, 5) is 15.5. The predicted octanol–water partition coefficient (Wildman–Crippen LogP) is 2.53. The first kappa shape index (κ1) is 20.8. The molecule has 36 heavy (non-hydrogen) atoms. The number of aromatic nitrogens is 6. The van der Waals surface area contributed by atoms with Crippen LogP contribution in [-0.4, -0.2) is 47.7 Å². The molecule has 4 aromatic rings. The van der Waals surface area contributed by atoms with Crippen LogP contribution >= 0.6 is 0 Å². The molecule has 0 saturated carbocycles. The zero-order valence-corrected chi connectivity index (χ0v) is 19.3. The maximum Gasteiger partial charge on any atom is 0.231 e. The first-order chi connectivity index (χ1) is 17.6. The normalized spacial score (nSPS) is 19.4. The Morgan fingerprint density at radius 2 is 1.97 bits per heavy atom. The summed E-state index contributed by atoms with van der Waals surface area (Å²) >= 11 is 0. The highest BCUT2D eigenvalue weighted by atomic mass is 16.7. The molecule has 3 aromatic heterocycles. The molecule has 0 bridgehead atoms. The van der Waals surface area contributed by atoms with Crippen LogP contribution in [0.25, 0.3) is 0 Å². The van der Waals surface area contributed by atoms with Crippen LogP contribution < -0.4 is 19.7 Å². The lowest BCUT2D eigenvalue weighted by molar-refractivity contribution is 0.0980. The molecule has 11 nitrogen and oxygen atoms in total. The number of hydrogen-bond acceptors (Lipinski definition) is 9. The number of benzene rings is 1. The van der Waals surface area contributed by atoms with E-state index in [1.54, 1.807) is 12.4 Å². The summed E-state index contributed by atoms with van der Waals surface area (Å²) in [5.41, 5.74) is 0.154. The second-order valence-electron chi connectivity index (χ2n) is 8.85. The lowest BCUT2D eigenvalue weighted by atomic mass is 10.0. The Bertz CT molecular complexity index is 1530. The van der Waals surface area contributed by atoms with Gasteiger partial charge in [0.25, 0.3) is 0 Å². The van der Waals surface area contributed by atoms with E-state index in [2.05, 4.69) is 37.1 Å². The number of anilines is 4. The third kappa shape index (κ3) is 3.50. The SMILES string of the molecule is OC1(C#Cc2cc3n(n2)CCCN3c2ccnc(Nc3ccc4c(c3)OCO4)n2)CCn2ccnc21. The number of rotatable bonds is 3. The number of fused-ring (bicyclic) bond motifs is 3. The molecule has 7 rings (SSSR count). The molecule has 11 heteroatoms. The van der Waals surface area contributed by atoms with E-state index in [-0.39, 0.29) is 6.79 Å². The van der Waals surface area contributed by atoms with Gasteiger partial charge in [-0.1, -0.05) is 5.92 Å². The minimum Gasteiger partial charge on any atom is -0.454 e. The molecule has 180 valence electrons. The monoisotopic (exact) mass is 482 g/mol. The molecule has 0 saturated heterocycles. The smallest absolute Gasteiger partial charge is 0.231 e. The van der Waals surface area contributed by atoms with Crippen LogP contribution in [0.3, 0.4) is 0 Å². The van der Waals surface area contributed by atoms with E-state index in [9.17, 15) is 5.11 Å². The summed E-state index contributed by atoms with van der Waals surface area (Å²) in [6.45, 7) is 2.50.